The van der Waals surface area contributed by atoms with Gasteiger partial charge in [0.1, 0.15) is 0 Å². The number of aliphatic carboxylic acids is 1. The molecule has 0 bridgehead atoms. The Kier molecular flexibility index (Phi) is 6.74. The van der Waals surface area contributed by atoms with Crippen LogP contribution in [0.25, 0.3) is 0 Å². The number of carboxylic acid groups (broad SMARTS) is 1. The lowest BCUT2D eigenvalue weighted by atomic mass is 10.2. The molecule has 0 heterocycles. The number of carboxylic acids is 1. The Bertz CT molecular complexity index is 335. The number of hydrogen-bond donors (Lipinski definition) is 1. The highest BCUT2D eigenvalue weighted by atomic mass is 32.2. The molecule has 0 atom stereocenters. The molecule has 4 heteroatoms. The molecule has 1 aromatic rings. The van der Waals surface area contributed by atoms with Crippen LogP contribution in [-0.2, 0) is 16.0 Å². The van der Waals surface area contributed by atoms with Crippen LogP contribution >= 0.6 is 11.8 Å². The summed E-state index contributed by atoms with van der Waals surface area (Å²) in [7, 11) is 0. The van der Waals surface area contributed by atoms with E-state index >= 15 is 0 Å². The van der Waals surface area contributed by atoms with Gasteiger partial charge < -0.3 is 9.84 Å². The first-order valence-electron chi connectivity index (χ1n) is 5.73. The fraction of sp³-hybridized carbons (Fsp3) is 0.462. The monoisotopic (exact) mass is 254 g/mol. The molecule has 0 aliphatic heterocycles. The summed E-state index contributed by atoms with van der Waals surface area (Å²) >= 11 is 1.73. The van der Waals surface area contributed by atoms with E-state index in [1.807, 2.05) is 24.3 Å². The number of rotatable bonds is 8. The SMILES string of the molecule is CCCOCCSc1ccc(CC(=O)O)cc1. The van der Waals surface area contributed by atoms with Crippen LogP contribution in [0, 0.1) is 0 Å². The van der Waals surface area contributed by atoms with Crippen LogP contribution in [0.2, 0.25) is 0 Å². The first-order valence-corrected chi connectivity index (χ1v) is 6.72. The molecule has 0 saturated carbocycles. The van der Waals surface area contributed by atoms with Crippen LogP contribution in [0.3, 0.4) is 0 Å². The summed E-state index contributed by atoms with van der Waals surface area (Å²) in [6.07, 6.45) is 1.14. The molecular weight excluding hydrogens is 236 g/mol. The maximum atomic E-state index is 10.5. The van der Waals surface area contributed by atoms with Gasteiger partial charge in [0.25, 0.3) is 0 Å². The zero-order chi connectivity index (χ0) is 12.5. The number of thioether (sulfide) groups is 1. The molecule has 3 nitrogen and oxygen atoms in total. The van der Waals surface area contributed by atoms with Gasteiger partial charge in [-0.3, -0.25) is 4.79 Å². The molecule has 17 heavy (non-hydrogen) atoms. The van der Waals surface area contributed by atoms with E-state index < -0.39 is 5.97 Å². The third-order valence-corrected chi connectivity index (χ3v) is 3.10. The van der Waals surface area contributed by atoms with Gasteiger partial charge >= 0.3 is 5.97 Å². The first kappa shape index (κ1) is 14.1. The molecule has 0 aliphatic rings. The van der Waals surface area contributed by atoms with E-state index in [1.165, 1.54) is 0 Å². The molecule has 0 saturated heterocycles. The fourth-order valence-electron chi connectivity index (χ4n) is 1.34. The molecular formula is C13H18O3S. The molecule has 0 spiro atoms. The number of carbonyl (C=O) groups is 1. The van der Waals surface area contributed by atoms with Gasteiger partial charge in [-0.05, 0) is 24.1 Å². The van der Waals surface area contributed by atoms with Crippen molar-refractivity contribution in [3.05, 3.63) is 29.8 Å². The Hall–Kier alpha value is -1.00. The molecule has 0 aromatic heterocycles. The Morgan fingerprint density at radius 1 is 1.29 bits per heavy atom. The lowest BCUT2D eigenvalue weighted by molar-refractivity contribution is -0.136. The maximum absolute atomic E-state index is 10.5. The van der Waals surface area contributed by atoms with Crippen molar-refractivity contribution in [2.24, 2.45) is 0 Å². The van der Waals surface area contributed by atoms with Gasteiger partial charge in [-0.2, -0.15) is 0 Å². The number of benzene rings is 1. The zero-order valence-electron chi connectivity index (χ0n) is 10.0. The fourth-order valence-corrected chi connectivity index (χ4v) is 2.11. The van der Waals surface area contributed by atoms with E-state index in [0.717, 1.165) is 35.8 Å². The quantitative estimate of drug-likeness (QED) is 0.572. The second-order valence-corrected chi connectivity index (χ2v) is 4.84. The molecule has 0 fully saturated rings. The highest BCUT2D eigenvalue weighted by Gasteiger charge is 2.00. The Morgan fingerprint density at radius 2 is 2.00 bits per heavy atom. The van der Waals surface area contributed by atoms with Gasteiger partial charge in [0.05, 0.1) is 13.0 Å². The summed E-state index contributed by atoms with van der Waals surface area (Å²) in [5, 5.41) is 8.64. The van der Waals surface area contributed by atoms with Crippen molar-refractivity contribution < 1.29 is 14.6 Å². The predicted molar refractivity (Wildman–Crippen MR) is 69.6 cm³/mol. The smallest absolute Gasteiger partial charge is 0.307 e. The van der Waals surface area contributed by atoms with Crippen molar-refractivity contribution in [3.8, 4) is 0 Å². The van der Waals surface area contributed by atoms with Gasteiger partial charge in [-0.1, -0.05) is 19.1 Å². The second kappa shape index (κ2) is 8.14. The molecule has 0 aliphatic carbocycles. The Balaban J connectivity index is 2.28. The third-order valence-electron chi connectivity index (χ3n) is 2.12. The summed E-state index contributed by atoms with van der Waals surface area (Å²) in [5.74, 6) is 0.136. The van der Waals surface area contributed by atoms with Crippen molar-refractivity contribution in [2.75, 3.05) is 19.0 Å². The van der Waals surface area contributed by atoms with Crippen LogP contribution in [0.15, 0.2) is 29.2 Å². The minimum Gasteiger partial charge on any atom is -0.481 e. The molecule has 0 unspecified atom stereocenters. The normalized spacial score (nSPS) is 10.4. The first-order chi connectivity index (χ1) is 8.22. The number of hydrogen-bond acceptors (Lipinski definition) is 3. The lowest BCUT2D eigenvalue weighted by Crippen LogP contribution is -2.00. The van der Waals surface area contributed by atoms with E-state index in [2.05, 4.69) is 6.92 Å². The molecule has 94 valence electrons. The standard InChI is InChI=1S/C13H18O3S/c1-2-7-16-8-9-17-12-5-3-11(4-6-12)10-13(14)15/h3-6H,2,7-10H2,1H3,(H,14,15). The highest BCUT2D eigenvalue weighted by Crippen LogP contribution is 2.18. The average Bonchev–Trinajstić information content (AvgIpc) is 2.30. The van der Waals surface area contributed by atoms with Gasteiger partial charge in [0, 0.05) is 17.3 Å². The van der Waals surface area contributed by atoms with Crippen molar-refractivity contribution in [1.82, 2.24) is 0 Å². The van der Waals surface area contributed by atoms with Crippen molar-refractivity contribution in [3.63, 3.8) is 0 Å². The van der Waals surface area contributed by atoms with Gasteiger partial charge in [0.15, 0.2) is 0 Å². The van der Waals surface area contributed by atoms with Crippen LogP contribution in [0.1, 0.15) is 18.9 Å². The minimum absolute atomic E-state index is 0.0879. The summed E-state index contributed by atoms with van der Waals surface area (Å²) in [4.78, 5) is 11.7. The van der Waals surface area contributed by atoms with Crippen LogP contribution in [0.5, 0.6) is 0 Å². The van der Waals surface area contributed by atoms with Crippen molar-refractivity contribution in [1.29, 1.82) is 0 Å². The summed E-state index contributed by atoms with van der Waals surface area (Å²) in [6.45, 7) is 3.67. The Morgan fingerprint density at radius 3 is 2.59 bits per heavy atom. The van der Waals surface area contributed by atoms with Gasteiger partial charge in [-0.15, -0.1) is 11.8 Å². The summed E-state index contributed by atoms with van der Waals surface area (Å²) in [6, 6.07) is 7.65. The second-order valence-electron chi connectivity index (χ2n) is 3.68. The van der Waals surface area contributed by atoms with E-state index in [9.17, 15) is 4.79 Å². The van der Waals surface area contributed by atoms with Crippen molar-refractivity contribution >= 4 is 17.7 Å². The summed E-state index contributed by atoms with van der Waals surface area (Å²) in [5.41, 5.74) is 0.837. The average molecular weight is 254 g/mol. The lowest BCUT2D eigenvalue weighted by Gasteiger charge is -2.03. The van der Waals surface area contributed by atoms with Crippen LogP contribution in [0.4, 0.5) is 0 Å². The number of ether oxygens (including phenoxy) is 1. The van der Waals surface area contributed by atoms with Crippen LogP contribution < -0.4 is 0 Å². The summed E-state index contributed by atoms with van der Waals surface area (Å²) < 4.78 is 5.38. The maximum Gasteiger partial charge on any atom is 0.307 e. The minimum atomic E-state index is -0.793. The van der Waals surface area contributed by atoms with E-state index in [1.54, 1.807) is 11.8 Å². The van der Waals surface area contributed by atoms with Gasteiger partial charge in [0.2, 0.25) is 0 Å². The Labute approximate surface area is 106 Å². The van der Waals surface area contributed by atoms with Gasteiger partial charge in [-0.25, -0.2) is 0 Å². The van der Waals surface area contributed by atoms with E-state index in [4.69, 9.17) is 9.84 Å². The van der Waals surface area contributed by atoms with E-state index in [-0.39, 0.29) is 6.42 Å². The van der Waals surface area contributed by atoms with E-state index in [0.29, 0.717) is 0 Å². The third kappa shape index (κ3) is 6.34. The molecule has 1 aromatic carbocycles. The molecule has 1 N–H and O–H groups in total. The largest absolute Gasteiger partial charge is 0.481 e. The molecule has 1 rings (SSSR count). The molecule has 0 radical (unpaired) electrons. The predicted octanol–water partition coefficient (Wildman–Crippen LogP) is 2.83. The van der Waals surface area contributed by atoms with Crippen molar-refractivity contribution in [2.45, 2.75) is 24.7 Å². The zero-order valence-corrected chi connectivity index (χ0v) is 10.8. The topological polar surface area (TPSA) is 46.5 Å². The molecule has 0 amide bonds. The van der Waals surface area contributed by atoms with Crippen LogP contribution in [-0.4, -0.2) is 30.0 Å². The highest BCUT2D eigenvalue weighted by molar-refractivity contribution is 7.99.